The van der Waals surface area contributed by atoms with Crippen LogP contribution < -0.4 is 10.1 Å². The normalized spacial score (nSPS) is 13.4. The molecule has 3 heterocycles. The molecule has 0 saturated carbocycles. The number of nitrogens with zero attached hydrogens (tertiary/aromatic N) is 5. The van der Waals surface area contributed by atoms with Gasteiger partial charge in [0.25, 0.3) is 0 Å². The summed E-state index contributed by atoms with van der Waals surface area (Å²) in [4.78, 5) is 30.6. The molecule has 0 atom stereocenters. The van der Waals surface area contributed by atoms with Gasteiger partial charge in [-0.25, -0.2) is 4.98 Å². The van der Waals surface area contributed by atoms with E-state index in [1.807, 2.05) is 54.0 Å². The van der Waals surface area contributed by atoms with Crippen molar-refractivity contribution in [3.8, 4) is 11.6 Å². The van der Waals surface area contributed by atoms with Gasteiger partial charge < -0.3 is 15.0 Å². The number of aryl methyl sites for hydroxylation is 1. The summed E-state index contributed by atoms with van der Waals surface area (Å²) < 4.78 is 7.47. The minimum Gasteiger partial charge on any atom is -0.492 e. The summed E-state index contributed by atoms with van der Waals surface area (Å²) in [5.74, 6) is 2.23. The molecule has 1 aliphatic rings. The van der Waals surface area contributed by atoms with Crippen LogP contribution in [0.25, 0.3) is 5.82 Å². The summed E-state index contributed by atoms with van der Waals surface area (Å²) >= 11 is 1.28. The van der Waals surface area contributed by atoms with Gasteiger partial charge in [-0.3, -0.25) is 14.2 Å². The molecule has 0 bridgehead atoms. The molecule has 1 N–H and O–H groups in total. The molecule has 0 unspecified atom stereocenters. The van der Waals surface area contributed by atoms with Crippen LogP contribution in [0.2, 0.25) is 0 Å². The van der Waals surface area contributed by atoms with E-state index in [2.05, 4.69) is 20.5 Å². The molecule has 4 rings (SSSR count). The summed E-state index contributed by atoms with van der Waals surface area (Å²) in [6.07, 6.45) is 3.11. The third-order valence-corrected chi connectivity index (χ3v) is 6.03. The Bertz CT molecular complexity index is 1100. The Morgan fingerprint density at radius 3 is 2.88 bits per heavy atom. The van der Waals surface area contributed by atoms with E-state index >= 15 is 0 Å². The Morgan fingerprint density at radius 2 is 2.12 bits per heavy atom. The zero-order valence-electron chi connectivity index (χ0n) is 18.4. The van der Waals surface area contributed by atoms with E-state index in [9.17, 15) is 9.59 Å². The second-order valence-electron chi connectivity index (χ2n) is 7.64. The molecule has 1 saturated heterocycles. The summed E-state index contributed by atoms with van der Waals surface area (Å²) in [5, 5.41) is 12.0. The number of hydrogen-bond acceptors (Lipinski definition) is 7. The Morgan fingerprint density at radius 1 is 1.21 bits per heavy atom. The molecule has 2 amide bonds. The SMILES string of the molecule is Cc1cccc(OCCNC(=O)CSc2nnc(CN3CCCC3=O)n2-c2ccccn2)c1. The van der Waals surface area contributed by atoms with E-state index in [-0.39, 0.29) is 17.6 Å². The number of benzene rings is 1. The molecule has 0 aliphatic carbocycles. The maximum absolute atomic E-state index is 12.3. The highest BCUT2D eigenvalue weighted by Gasteiger charge is 2.24. The minimum atomic E-state index is -0.125. The van der Waals surface area contributed by atoms with Gasteiger partial charge in [-0.05, 0) is 43.2 Å². The van der Waals surface area contributed by atoms with Crippen molar-refractivity contribution in [2.24, 2.45) is 0 Å². The highest BCUT2D eigenvalue weighted by atomic mass is 32.2. The smallest absolute Gasteiger partial charge is 0.230 e. The van der Waals surface area contributed by atoms with Gasteiger partial charge in [0.05, 0.1) is 18.8 Å². The van der Waals surface area contributed by atoms with E-state index in [1.54, 1.807) is 11.1 Å². The number of amides is 2. The molecular formula is C23H26N6O3S. The molecule has 33 heavy (non-hydrogen) atoms. The number of thioether (sulfide) groups is 1. The number of hydrogen-bond donors (Lipinski definition) is 1. The average molecular weight is 467 g/mol. The third kappa shape index (κ3) is 6.10. The quantitative estimate of drug-likeness (QED) is 0.361. The van der Waals surface area contributed by atoms with Gasteiger partial charge >= 0.3 is 0 Å². The Labute approximate surface area is 196 Å². The maximum Gasteiger partial charge on any atom is 0.230 e. The van der Waals surface area contributed by atoms with E-state index in [4.69, 9.17) is 4.74 Å². The summed E-state index contributed by atoms with van der Waals surface area (Å²) in [6.45, 7) is 3.87. The van der Waals surface area contributed by atoms with Gasteiger partial charge in [-0.1, -0.05) is 30.0 Å². The second-order valence-corrected chi connectivity index (χ2v) is 8.59. The van der Waals surface area contributed by atoms with E-state index in [1.165, 1.54) is 11.8 Å². The van der Waals surface area contributed by atoms with Crippen molar-refractivity contribution in [1.29, 1.82) is 0 Å². The van der Waals surface area contributed by atoms with Crippen molar-refractivity contribution in [2.45, 2.75) is 31.5 Å². The topological polar surface area (TPSA) is 102 Å². The number of likely N-dealkylation sites (tertiary alicyclic amines) is 1. The molecule has 0 spiro atoms. The number of carbonyl (C=O) groups excluding carboxylic acids is 2. The van der Waals surface area contributed by atoms with E-state index < -0.39 is 0 Å². The van der Waals surface area contributed by atoms with Crippen molar-refractivity contribution < 1.29 is 14.3 Å². The molecule has 1 aromatic carbocycles. The van der Waals surface area contributed by atoms with Crippen LogP contribution in [-0.4, -0.2) is 61.9 Å². The van der Waals surface area contributed by atoms with Crippen LogP contribution in [0.15, 0.2) is 53.8 Å². The van der Waals surface area contributed by atoms with Gasteiger partial charge in [-0.2, -0.15) is 0 Å². The molecule has 9 nitrogen and oxygen atoms in total. The molecule has 0 radical (unpaired) electrons. The summed E-state index contributed by atoms with van der Waals surface area (Å²) in [7, 11) is 0. The fourth-order valence-corrected chi connectivity index (χ4v) is 4.29. The molecule has 172 valence electrons. The van der Waals surface area contributed by atoms with Crippen molar-refractivity contribution in [3.05, 3.63) is 60.0 Å². The van der Waals surface area contributed by atoms with Crippen molar-refractivity contribution in [1.82, 2.24) is 30.0 Å². The second kappa shape index (κ2) is 11.0. The summed E-state index contributed by atoms with van der Waals surface area (Å²) in [5.41, 5.74) is 1.12. The third-order valence-electron chi connectivity index (χ3n) is 5.10. The molecule has 1 aliphatic heterocycles. The van der Waals surface area contributed by atoms with Gasteiger partial charge in [0, 0.05) is 19.2 Å². The van der Waals surface area contributed by atoms with Crippen LogP contribution in [0.1, 0.15) is 24.2 Å². The number of nitrogens with one attached hydrogen (secondary N) is 1. The van der Waals surface area contributed by atoms with Gasteiger partial charge in [-0.15, -0.1) is 10.2 Å². The number of ether oxygens (including phenoxy) is 1. The Kier molecular flexibility index (Phi) is 7.56. The Hall–Kier alpha value is -3.40. The van der Waals surface area contributed by atoms with Crippen molar-refractivity contribution in [2.75, 3.05) is 25.4 Å². The zero-order valence-corrected chi connectivity index (χ0v) is 19.3. The fraction of sp³-hybridized carbons (Fsp3) is 0.348. The predicted molar refractivity (Wildman–Crippen MR) is 124 cm³/mol. The standard InChI is InChI=1S/C23H26N6O3S/c1-17-6-4-7-18(14-17)32-13-11-25-21(30)16-33-23-27-26-20(15-28-12-5-9-22(28)31)29(23)19-8-2-3-10-24-19/h2-4,6-8,10,14H,5,9,11-13,15-16H2,1H3,(H,25,30). The van der Waals surface area contributed by atoms with Gasteiger partial charge in [0.1, 0.15) is 18.2 Å². The van der Waals surface area contributed by atoms with Gasteiger partial charge in [0.15, 0.2) is 11.0 Å². The van der Waals surface area contributed by atoms with Crippen LogP contribution in [0.5, 0.6) is 5.75 Å². The van der Waals surface area contributed by atoms with Crippen molar-refractivity contribution in [3.63, 3.8) is 0 Å². The zero-order chi connectivity index (χ0) is 23.0. The first kappa shape index (κ1) is 22.8. The maximum atomic E-state index is 12.3. The average Bonchev–Trinajstić information content (AvgIpc) is 3.42. The lowest BCUT2D eigenvalue weighted by atomic mass is 10.2. The fourth-order valence-electron chi connectivity index (χ4n) is 3.50. The first-order valence-electron chi connectivity index (χ1n) is 10.8. The van der Waals surface area contributed by atoms with Crippen molar-refractivity contribution >= 4 is 23.6 Å². The monoisotopic (exact) mass is 466 g/mol. The van der Waals surface area contributed by atoms with E-state index in [0.29, 0.717) is 49.5 Å². The van der Waals surface area contributed by atoms with Crippen LogP contribution in [0, 0.1) is 6.92 Å². The highest BCUT2D eigenvalue weighted by molar-refractivity contribution is 7.99. The molecular weight excluding hydrogens is 440 g/mol. The first-order valence-corrected chi connectivity index (χ1v) is 11.8. The number of carbonyl (C=O) groups is 2. The van der Waals surface area contributed by atoms with E-state index in [0.717, 1.165) is 17.7 Å². The van der Waals surface area contributed by atoms with Crippen LogP contribution >= 0.6 is 11.8 Å². The largest absolute Gasteiger partial charge is 0.492 e. The molecule has 10 heteroatoms. The molecule has 2 aromatic heterocycles. The summed E-state index contributed by atoms with van der Waals surface area (Å²) in [6, 6.07) is 13.3. The first-order chi connectivity index (χ1) is 16.1. The Balaban J connectivity index is 1.34. The lowest BCUT2D eigenvalue weighted by molar-refractivity contribution is -0.128. The van der Waals surface area contributed by atoms with Crippen LogP contribution in [0.3, 0.4) is 0 Å². The lowest BCUT2D eigenvalue weighted by Crippen LogP contribution is -2.29. The number of pyridine rings is 1. The number of aromatic nitrogens is 4. The predicted octanol–water partition coefficient (Wildman–Crippen LogP) is 2.38. The van der Waals surface area contributed by atoms with Gasteiger partial charge in [0.2, 0.25) is 11.8 Å². The van der Waals surface area contributed by atoms with Crippen LogP contribution in [0.4, 0.5) is 0 Å². The minimum absolute atomic E-state index is 0.118. The lowest BCUT2D eigenvalue weighted by Gasteiger charge is -2.16. The highest BCUT2D eigenvalue weighted by Crippen LogP contribution is 2.23. The molecule has 3 aromatic rings. The molecule has 1 fully saturated rings. The number of rotatable bonds is 10. The van der Waals surface area contributed by atoms with Crippen LogP contribution in [-0.2, 0) is 16.1 Å².